The van der Waals surface area contributed by atoms with Crippen molar-refractivity contribution >= 4 is 29.1 Å². The van der Waals surface area contributed by atoms with Crippen LogP contribution in [0.4, 0.5) is 0 Å². The molecule has 1 aromatic rings. The molecule has 1 atom stereocenters. The lowest BCUT2D eigenvalue weighted by Crippen LogP contribution is -2.30. The van der Waals surface area contributed by atoms with Crippen LogP contribution in [0.25, 0.3) is 0 Å². The van der Waals surface area contributed by atoms with Gasteiger partial charge in [0, 0.05) is 36.2 Å². The first-order valence-corrected chi connectivity index (χ1v) is 9.47. The standard InChI is InChI=1S/C17H22N2O4S.ClH/c20-17(19-12-13-3-6-18-7-4-13)5-10-24(21)14-1-2-15-16(11-14)23-9-8-22-15;/h1-3,11,18H,4-10,12H2,(H,19,20);1H. The van der Waals surface area contributed by atoms with Crippen molar-refractivity contribution in [2.45, 2.75) is 17.7 Å². The van der Waals surface area contributed by atoms with E-state index < -0.39 is 10.8 Å². The average Bonchev–Trinajstić information content (AvgIpc) is 2.65. The minimum Gasteiger partial charge on any atom is -0.486 e. The molecule has 1 aromatic carbocycles. The fourth-order valence-electron chi connectivity index (χ4n) is 2.60. The zero-order valence-corrected chi connectivity index (χ0v) is 15.5. The van der Waals surface area contributed by atoms with Crippen LogP contribution >= 0.6 is 12.4 Å². The lowest BCUT2D eigenvalue weighted by molar-refractivity contribution is -0.120. The van der Waals surface area contributed by atoms with Gasteiger partial charge >= 0.3 is 0 Å². The maximum Gasteiger partial charge on any atom is 0.221 e. The third-order valence-corrected chi connectivity index (χ3v) is 5.32. The molecule has 1 unspecified atom stereocenters. The zero-order valence-electron chi connectivity index (χ0n) is 13.9. The topological polar surface area (TPSA) is 76.7 Å². The van der Waals surface area contributed by atoms with Gasteiger partial charge in [0.15, 0.2) is 11.5 Å². The van der Waals surface area contributed by atoms with Crippen LogP contribution in [0.3, 0.4) is 0 Å². The third kappa shape index (κ3) is 5.73. The van der Waals surface area contributed by atoms with E-state index >= 15 is 0 Å². The molecular weight excluding hydrogens is 364 g/mol. The molecule has 0 aromatic heterocycles. The Morgan fingerprint density at radius 1 is 1.24 bits per heavy atom. The molecule has 0 bridgehead atoms. The molecule has 2 heterocycles. The Morgan fingerprint density at radius 2 is 2.04 bits per heavy atom. The van der Waals surface area contributed by atoms with Gasteiger partial charge in [0.25, 0.3) is 0 Å². The summed E-state index contributed by atoms with van der Waals surface area (Å²) in [7, 11) is -1.23. The molecule has 8 heteroatoms. The number of benzene rings is 1. The molecule has 3 rings (SSSR count). The van der Waals surface area contributed by atoms with E-state index in [1.54, 1.807) is 18.2 Å². The van der Waals surface area contributed by atoms with Gasteiger partial charge in [-0.05, 0) is 25.1 Å². The van der Waals surface area contributed by atoms with Gasteiger partial charge in [0.1, 0.15) is 13.2 Å². The molecule has 6 nitrogen and oxygen atoms in total. The van der Waals surface area contributed by atoms with Crippen molar-refractivity contribution in [1.29, 1.82) is 0 Å². The fourth-order valence-corrected chi connectivity index (χ4v) is 3.66. The lowest BCUT2D eigenvalue weighted by Gasteiger charge is -2.18. The number of carbonyl (C=O) groups excluding carboxylic acids is 1. The maximum atomic E-state index is 12.4. The monoisotopic (exact) mass is 386 g/mol. The summed E-state index contributed by atoms with van der Waals surface area (Å²) in [5, 5.41) is 6.13. The first kappa shape index (κ1) is 19.8. The van der Waals surface area contributed by atoms with Crippen molar-refractivity contribution in [3.8, 4) is 11.5 Å². The smallest absolute Gasteiger partial charge is 0.221 e. The van der Waals surface area contributed by atoms with Gasteiger partial charge in [0.05, 0.1) is 10.8 Å². The molecule has 25 heavy (non-hydrogen) atoms. The molecule has 138 valence electrons. The van der Waals surface area contributed by atoms with Crippen LogP contribution in [0.1, 0.15) is 12.8 Å². The number of fused-ring (bicyclic) bond motifs is 1. The molecular formula is C17H23ClN2O4S. The summed E-state index contributed by atoms with van der Waals surface area (Å²) in [6, 6.07) is 5.27. The molecule has 0 radical (unpaired) electrons. The SMILES string of the molecule is Cl.O=C(CCS(=O)c1ccc2c(c1)OCCO2)NCC1=CCNCC1. The summed E-state index contributed by atoms with van der Waals surface area (Å²) in [5.41, 5.74) is 1.25. The van der Waals surface area contributed by atoms with E-state index in [4.69, 9.17) is 9.47 Å². The highest BCUT2D eigenvalue weighted by molar-refractivity contribution is 7.85. The van der Waals surface area contributed by atoms with E-state index in [0.29, 0.717) is 41.9 Å². The highest BCUT2D eigenvalue weighted by Crippen LogP contribution is 2.31. The average molecular weight is 387 g/mol. The first-order chi connectivity index (χ1) is 11.7. The van der Waals surface area contributed by atoms with Crippen LogP contribution in [0.2, 0.25) is 0 Å². The third-order valence-electron chi connectivity index (χ3n) is 3.96. The molecule has 0 saturated heterocycles. The lowest BCUT2D eigenvalue weighted by atomic mass is 10.1. The van der Waals surface area contributed by atoms with E-state index in [1.165, 1.54) is 5.57 Å². The van der Waals surface area contributed by atoms with Crippen LogP contribution in [0, 0.1) is 0 Å². The summed E-state index contributed by atoms with van der Waals surface area (Å²) in [5.74, 6) is 1.52. The van der Waals surface area contributed by atoms with Crippen molar-refractivity contribution < 1.29 is 18.5 Å². The molecule has 0 aliphatic carbocycles. The number of hydrogen-bond donors (Lipinski definition) is 2. The Kier molecular flexibility index (Phi) is 7.74. The zero-order chi connectivity index (χ0) is 16.8. The minimum atomic E-state index is -1.23. The molecule has 2 aliphatic rings. The van der Waals surface area contributed by atoms with E-state index in [2.05, 4.69) is 16.7 Å². The number of halogens is 1. The second-order valence-electron chi connectivity index (χ2n) is 5.70. The normalized spacial score (nSPS) is 17.0. The predicted molar refractivity (Wildman–Crippen MR) is 99.2 cm³/mol. The Bertz CT molecular complexity index is 666. The van der Waals surface area contributed by atoms with Gasteiger partial charge in [0.2, 0.25) is 5.91 Å². The van der Waals surface area contributed by atoms with Crippen LogP contribution in [-0.2, 0) is 15.6 Å². The molecule has 2 N–H and O–H groups in total. The summed E-state index contributed by atoms with van der Waals surface area (Å²) < 4.78 is 23.3. The number of amides is 1. The van der Waals surface area contributed by atoms with Gasteiger partial charge in [-0.1, -0.05) is 11.6 Å². The van der Waals surface area contributed by atoms with Gasteiger partial charge in [-0.2, -0.15) is 0 Å². The Balaban J connectivity index is 0.00000225. The number of carbonyl (C=O) groups is 1. The molecule has 0 saturated carbocycles. The van der Waals surface area contributed by atoms with Crippen LogP contribution in [0.15, 0.2) is 34.7 Å². The van der Waals surface area contributed by atoms with E-state index in [9.17, 15) is 9.00 Å². The van der Waals surface area contributed by atoms with Crippen molar-refractivity contribution in [3.63, 3.8) is 0 Å². The summed E-state index contributed by atoms with van der Waals surface area (Å²) >= 11 is 0. The molecule has 0 spiro atoms. The van der Waals surface area contributed by atoms with E-state index in [0.717, 1.165) is 19.5 Å². The summed E-state index contributed by atoms with van der Waals surface area (Å²) in [6.07, 6.45) is 3.31. The largest absolute Gasteiger partial charge is 0.486 e. The molecule has 1 amide bonds. The number of hydrogen-bond acceptors (Lipinski definition) is 5. The van der Waals surface area contributed by atoms with Crippen LogP contribution < -0.4 is 20.1 Å². The summed E-state index contributed by atoms with van der Waals surface area (Å²) in [6.45, 7) is 3.42. The van der Waals surface area contributed by atoms with Crippen molar-refractivity contribution in [1.82, 2.24) is 10.6 Å². The van der Waals surface area contributed by atoms with E-state index in [1.807, 2.05) is 0 Å². The first-order valence-electron chi connectivity index (χ1n) is 8.16. The summed E-state index contributed by atoms with van der Waals surface area (Å²) in [4.78, 5) is 12.6. The highest BCUT2D eigenvalue weighted by atomic mass is 35.5. The van der Waals surface area contributed by atoms with Gasteiger partial charge in [-0.15, -0.1) is 12.4 Å². The minimum absolute atomic E-state index is 0. The second-order valence-corrected chi connectivity index (χ2v) is 7.27. The molecule has 0 fully saturated rings. The van der Waals surface area contributed by atoms with Crippen molar-refractivity contribution in [3.05, 3.63) is 29.8 Å². The maximum absolute atomic E-state index is 12.4. The van der Waals surface area contributed by atoms with Gasteiger partial charge in [-0.25, -0.2) is 0 Å². The van der Waals surface area contributed by atoms with Crippen molar-refractivity contribution in [2.24, 2.45) is 0 Å². The number of rotatable bonds is 6. The second kappa shape index (κ2) is 9.79. The van der Waals surface area contributed by atoms with E-state index in [-0.39, 0.29) is 24.7 Å². The van der Waals surface area contributed by atoms with Crippen LogP contribution in [-0.4, -0.2) is 48.7 Å². The fraction of sp³-hybridized carbons (Fsp3) is 0.471. The van der Waals surface area contributed by atoms with Gasteiger partial charge in [-0.3, -0.25) is 9.00 Å². The Morgan fingerprint density at radius 3 is 2.80 bits per heavy atom. The Hall–Kier alpha value is -1.57. The van der Waals surface area contributed by atoms with Crippen LogP contribution in [0.5, 0.6) is 11.5 Å². The number of nitrogens with one attached hydrogen (secondary N) is 2. The Labute approximate surface area is 156 Å². The number of ether oxygens (including phenoxy) is 2. The van der Waals surface area contributed by atoms with Gasteiger partial charge < -0.3 is 20.1 Å². The highest BCUT2D eigenvalue weighted by Gasteiger charge is 2.15. The van der Waals surface area contributed by atoms with Crippen molar-refractivity contribution in [2.75, 3.05) is 38.6 Å². The molecule has 2 aliphatic heterocycles. The predicted octanol–water partition coefficient (Wildman–Crippen LogP) is 1.41. The quantitative estimate of drug-likeness (QED) is 0.723.